The predicted molar refractivity (Wildman–Crippen MR) is 87.0 cm³/mol. The first-order valence-corrected chi connectivity index (χ1v) is 7.56. The van der Waals surface area contributed by atoms with Crippen molar-refractivity contribution in [3.05, 3.63) is 51.2 Å². The summed E-state index contributed by atoms with van der Waals surface area (Å²) in [5.41, 5.74) is 1.19. The van der Waals surface area contributed by atoms with Crippen molar-refractivity contribution in [3.63, 3.8) is 0 Å². The van der Waals surface area contributed by atoms with Gasteiger partial charge in [0.25, 0.3) is 11.4 Å². The van der Waals surface area contributed by atoms with E-state index in [1.165, 1.54) is 10.8 Å². The average molecular weight is 339 g/mol. The Morgan fingerprint density at radius 2 is 2.12 bits per heavy atom. The number of nitrogens with one attached hydrogen (secondary N) is 1. The van der Waals surface area contributed by atoms with E-state index in [1.807, 2.05) is 6.92 Å². The highest BCUT2D eigenvalue weighted by atomic mass is 16.5. The van der Waals surface area contributed by atoms with Gasteiger partial charge < -0.3 is 9.09 Å². The number of nitrogens with zero attached hydrogens (tertiary/aromatic N) is 6. The number of rotatable bonds is 3. The molecular weight excluding hydrogens is 326 g/mol. The number of hydrogen-bond donors (Lipinski definition) is 1. The molecular formula is C15H13N7O3. The summed E-state index contributed by atoms with van der Waals surface area (Å²) < 4.78 is 8.30. The molecule has 0 unspecified atom stereocenters. The molecule has 0 saturated heterocycles. The number of fused-ring (bicyclic) bond motifs is 1. The molecule has 4 aromatic rings. The Hall–Kier alpha value is -3.56. The fourth-order valence-electron chi connectivity index (χ4n) is 2.55. The van der Waals surface area contributed by atoms with Crippen LogP contribution in [0.2, 0.25) is 0 Å². The highest BCUT2D eigenvalue weighted by molar-refractivity contribution is 5.61. The van der Waals surface area contributed by atoms with E-state index in [-0.39, 0.29) is 17.3 Å². The summed E-state index contributed by atoms with van der Waals surface area (Å²) in [6.07, 6.45) is 4.67. The number of H-pyrrole nitrogens is 1. The quantitative estimate of drug-likeness (QED) is 0.580. The molecule has 0 spiro atoms. The minimum atomic E-state index is -0.570. The first-order chi connectivity index (χ1) is 12.1. The number of aromatic nitrogens is 7. The summed E-state index contributed by atoms with van der Waals surface area (Å²) in [6.45, 7) is 4.05. The Morgan fingerprint density at radius 3 is 2.92 bits per heavy atom. The molecule has 0 fully saturated rings. The van der Waals surface area contributed by atoms with Gasteiger partial charge in [0.2, 0.25) is 5.82 Å². The third-order valence-electron chi connectivity index (χ3n) is 3.91. The van der Waals surface area contributed by atoms with Crippen molar-refractivity contribution >= 4 is 5.65 Å². The standard InChI is InChI=1S/C15H13N7O3/c1-3-21-7-10(13(23)19-15(21)24)12-18-14(25-20-12)9-6-16-11-4-5-17-22(11)8(9)2/h4-7H,3H2,1-2H3,(H,19,23,24). The van der Waals surface area contributed by atoms with Gasteiger partial charge in [-0.2, -0.15) is 10.1 Å². The summed E-state index contributed by atoms with van der Waals surface area (Å²) in [5.74, 6) is 0.310. The maximum absolute atomic E-state index is 12.0. The topological polar surface area (TPSA) is 124 Å². The molecule has 0 aliphatic carbocycles. The van der Waals surface area contributed by atoms with Gasteiger partial charge in [0.1, 0.15) is 5.56 Å². The van der Waals surface area contributed by atoms with Crippen molar-refractivity contribution in [1.29, 1.82) is 0 Å². The van der Waals surface area contributed by atoms with Gasteiger partial charge >= 0.3 is 5.69 Å². The van der Waals surface area contributed by atoms with E-state index in [2.05, 4.69) is 25.2 Å². The van der Waals surface area contributed by atoms with E-state index in [0.717, 1.165) is 5.69 Å². The lowest BCUT2D eigenvalue weighted by atomic mass is 10.2. The SMILES string of the molecule is CCn1cc(-c2noc(-c3cnc4ccnn4c3C)n2)c(=O)[nH]c1=O. The lowest BCUT2D eigenvalue weighted by molar-refractivity contribution is 0.431. The highest BCUT2D eigenvalue weighted by Gasteiger charge is 2.18. The van der Waals surface area contributed by atoms with Gasteiger partial charge in [0.15, 0.2) is 5.65 Å². The molecule has 4 heterocycles. The van der Waals surface area contributed by atoms with Gasteiger partial charge in [0, 0.05) is 25.0 Å². The van der Waals surface area contributed by atoms with Crippen LogP contribution in [-0.2, 0) is 6.54 Å². The van der Waals surface area contributed by atoms with Crippen LogP contribution in [0.25, 0.3) is 28.5 Å². The lowest BCUT2D eigenvalue weighted by Crippen LogP contribution is -2.30. The fourth-order valence-corrected chi connectivity index (χ4v) is 2.55. The molecule has 0 aromatic carbocycles. The molecule has 10 heteroatoms. The van der Waals surface area contributed by atoms with Crippen LogP contribution < -0.4 is 11.2 Å². The Labute approximate surface area is 139 Å². The zero-order chi connectivity index (χ0) is 17.6. The lowest BCUT2D eigenvalue weighted by Gasteiger charge is -2.02. The molecule has 0 aliphatic heterocycles. The third-order valence-corrected chi connectivity index (χ3v) is 3.91. The molecule has 1 N–H and O–H groups in total. The number of hydrogen-bond acceptors (Lipinski definition) is 7. The Kier molecular flexibility index (Phi) is 3.31. The molecule has 4 rings (SSSR count). The average Bonchev–Trinajstić information content (AvgIpc) is 3.25. The summed E-state index contributed by atoms with van der Waals surface area (Å²) in [5, 5.41) is 8.05. The van der Waals surface area contributed by atoms with E-state index in [4.69, 9.17) is 4.52 Å². The van der Waals surface area contributed by atoms with E-state index in [1.54, 1.807) is 29.9 Å². The van der Waals surface area contributed by atoms with Crippen LogP contribution in [0.1, 0.15) is 12.6 Å². The van der Waals surface area contributed by atoms with Crippen molar-refractivity contribution in [2.24, 2.45) is 0 Å². The van der Waals surface area contributed by atoms with Crippen molar-refractivity contribution < 1.29 is 4.52 Å². The molecule has 0 atom stereocenters. The summed E-state index contributed by atoms with van der Waals surface area (Å²) in [7, 11) is 0. The van der Waals surface area contributed by atoms with Crippen LogP contribution in [0.4, 0.5) is 0 Å². The van der Waals surface area contributed by atoms with E-state index in [0.29, 0.717) is 17.8 Å². The number of aryl methyl sites for hydroxylation is 2. The van der Waals surface area contributed by atoms with Gasteiger partial charge in [-0.25, -0.2) is 14.3 Å². The van der Waals surface area contributed by atoms with Crippen LogP contribution >= 0.6 is 0 Å². The first-order valence-electron chi connectivity index (χ1n) is 7.56. The molecule has 0 radical (unpaired) electrons. The van der Waals surface area contributed by atoms with Crippen molar-refractivity contribution in [1.82, 2.24) is 34.3 Å². The van der Waals surface area contributed by atoms with Crippen LogP contribution in [0.15, 0.2) is 38.8 Å². The predicted octanol–water partition coefficient (Wildman–Crippen LogP) is 0.625. The number of aromatic amines is 1. The molecule has 0 amide bonds. The van der Waals surface area contributed by atoms with E-state index < -0.39 is 11.2 Å². The van der Waals surface area contributed by atoms with E-state index in [9.17, 15) is 9.59 Å². The minimum Gasteiger partial charge on any atom is -0.333 e. The zero-order valence-electron chi connectivity index (χ0n) is 13.4. The molecule has 0 bridgehead atoms. The van der Waals surface area contributed by atoms with Crippen molar-refractivity contribution in [2.75, 3.05) is 0 Å². The summed E-state index contributed by atoms with van der Waals surface area (Å²) >= 11 is 0. The van der Waals surface area contributed by atoms with Gasteiger partial charge in [0.05, 0.1) is 17.5 Å². The maximum Gasteiger partial charge on any atom is 0.328 e. The highest BCUT2D eigenvalue weighted by Crippen LogP contribution is 2.23. The first kappa shape index (κ1) is 15.0. The molecule has 10 nitrogen and oxygen atoms in total. The Bertz CT molecular complexity index is 1200. The second kappa shape index (κ2) is 5.51. The van der Waals surface area contributed by atoms with E-state index >= 15 is 0 Å². The second-order valence-electron chi connectivity index (χ2n) is 5.37. The van der Waals surface area contributed by atoms with Crippen molar-refractivity contribution in [3.8, 4) is 22.8 Å². The van der Waals surface area contributed by atoms with Gasteiger partial charge in [-0.15, -0.1) is 0 Å². The second-order valence-corrected chi connectivity index (χ2v) is 5.37. The molecule has 0 saturated carbocycles. The zero-order valence-corrected chi connectivity index (χ0v) is 13.4. The maximum atomic E-state index is 12.0. The van der Waals surface area contributed by atoms with Crippen LogP contribution in [0.3, 0.4) is 0 Å². The van der Waals surface area contributed by atoms with Gasteiger partial charge in [-0.05, 0) is 13.8 Å². The third kappa shape index (κ3) is 2.35. The molecule has 126 valence electrons. The summed E-state index contributed by atoms with van der Waals surface area (Å²) in [4.78, 5) is 34.5. The van der Waals surface area contributed by atoms with Crippen molar-refractivity contribution in [2.45, 2.75) is 20.4 Å². The normalized spacial score (nSPS) is 11.3. The molecule has 25 heavy (non-hydrogen) atoms. The van der Waals surface area contributed by atoms with Gasteiger partial charge in [-0.1, -0.05) is 5.16 Å². The largest absolute Gasteiger partial charge is 0.333 e. The molecule has 4 aromatic heterocycles. The van der Waals surface area contributed by atoms with Crippen LogP contribution in [0, 0.1) is 6.92 Å². The van der Waals surface area contributed by atoms with Crippen LogP contribution in [0.5, 0.6) is 0 Å². The summed E-state index contributed by atoms with van der Waals surface area (Å²) in [6, 6.07) is 1.78. The Balaban J connectivity index is 1.84. The minimum absolute atomic E-state index is 0.0958. The Morgan fingerprint density at radius 1 is 1.28 bits per heavy atom. The van der Waals surface area contributed by atoms with Crippen LogP contribution in [-0.4, -0.2) is 34.3 Å². The fraction of sp³-hybridized carbons (Fsp3) is 0.200. The molecule has 0 aliphatic rings. The van der Waals surface area contributed by atoms with Gasteiger partial charge in [-0.3, -0.25) is 9.78 Å². The monoisotopic (exact) mass is 339 g/mol. The smallest absolute Gasteiger partial charge is 0.328 e.